The Labute approximate surface area is 77.6 Å². The highest BCUT2D eigenvalue weighted by Gasteiger charge is 2.13. The molecule has 0 aromatic carbocycles. The Morgan fingerprint density at radius 2 is 2.23 bits per heavy atom. The van der Waals surface area contributed by atoms with Crippen LogP contribution < -0.4 is 5.32 Å². The fraction of sp³-hybridized carbons (Fsp3) is 1.00. The summed E-state index contributed by atoms with van der Waals surface area (Å²) in [5, 5.41) is 2.70. The van der Waals surface area contributed by atoms with E-state index in [9.17, 15) is 8.78 Å². The molecule has 1 rings (SSSR count). The lowest BCUT2D eigenvalue weighted by atomic mass is 10.1. The summed E-state index contributed by atoms with van der Waals surface area (Å²) >= 11 is 0. The first-order valence-corrected chi connectivity index (χ1v) is 4.89. The molecular formula is C9H17F2NO. The molecular weight excluding hydrogens is 176 g/mol. The molecule has 0 bridgehead atoms. The van der Waals surface area contributed by atoms with Crippen molar-refractivity contribution in [1.29, 1.82) is 0 Å². The first-order valence-electron chi connectivity index (χ1n) is 4.89. The molecule has 13 heavy (non-hydrogen) atoms. The second-order valence-electron chi connectivity index (χ2n) is 3.37. The van der Waals surface area contributed by atoms with Crippen molar-refractivity contribution in [3.8, 4) is 0 Å². The zero-order valence-corrected chi connectivity index (χ0v) is 7.77. The second-order valence-corrected chi connectivity index (χ2v) is 3.37. The standard InChI is InChI=1S/C9H17F2NO/c10-9(11)7-12-5-4-8-3-1-2-6-13-8/h8-9,12H,1-7H2. The van der Waals surface area contributed by atoms with Gasteiger partial charge in [0.2, 0.25) is 0 Å². The minimum absolute atomic E-state index is 0.202. The number of nitrogens with one attached hydrogen (secondary N) is 1. The SMILES string of the molecule is FC(F)CNCCC1CCCCO1. The minimum atomic E-state index is -2.24. The predicted molar refractivity (Wildman–Crippen MR) is 47.1 cm³/mol. The van der Waals surface area contributed by atoms with Crippen molar-refractivity contribution in [1.82, 2.24) is 5.32 Å². The monoisotopic (exact) mass is 193 g/mol. The van der Waals surface area contributed by atoms with Gasteiger partial charge in [0, 0.05) is 6.61 Å². The molecule has 4 heteroatoms. The Morgan fingerprint density at radius 1 is 1.38 bits per heavy atom. The van der Waals surface area contributed by atoms with Gasteiger partial charge >= 0.3 is 0 Å². The Balaban J connectivity index is 1.92. The van der Waals surface area contributed by atoms with Crippen molar-refractivity contribution in [3.63, 3.8) is 0 Å². The summed E-state index contributed by atoms with van der Waals surface area (Å²) in [6.45, 7) is 1.27. The van der Waals surface area contributed by atoms with Gasteiger partial charge in [-0.25, -0.2) is 8.78 Å². The molecule has 0 aromatic heterocycles. The molecule has 1 fully saturated rings. The second kappa shape index (κ2) is 6.27. The van der Waals surface area contributed by atoms with Crippen LogP contribution in [0.2, 0.25) is 0 Å². The molecule has 1 N–H and O–H groups in total. The molecule has 1 saturated heterocycles. The van der Waals surface area contributed by atoms with E-state index < -0.39 is 6.43 Å². The van der Waals surface area contributed by atoms with Crippen LogP contribution >= 0.6 is 0 Å². The summed E-state index contributed by atoms with van der Waals surface area (Å²) < 4.78 is 28.9. The van der Waals surface area contributed by atoms with Crippen molar-refractivity contribution >= 4 is 0 Å². The average molecular weight is 193 g/mol. The van der Waals surface area contributed by atoms with Crippen LogP contribution in [-0.2, 0) is 4.74 Å². The number of hydrogen-bond acceptors (Lipinski definition) is 2. The normalized spacial score (nSPS) is 23.8. The van der Waals surface area contributed by atoms with E-state index in [0.29, 0.717) is 12.6 Å². The van der Waals surface area contributed by atoms with Crippen LogP contribution in [0.1, 0.15) is 25.7 Å². The number of alkyl halides is 2. The molecule has 1 heterocycles. The molecule has 1 aliphatic heterocycles. The Bertz CT molecular complexity index is 127. The average Bonchev–Trinajstić information content (AvgIpc) is 2.14. The van der Waals surface area contributed by atoms with Gasteiger partial charge in [-0.2, -0.15) is 0 Å². The van der Waals surface area contributed by atoms with Gasteiger partial charge in [0.05, 0.1) is 12.6 Å². The van der Waals surface area contributed by atoms with Crippen LogP contribution in [0.25, 0.3) is 0 Å². The number of ether oxygens (including phenoxy) is 1. The molecule has 78 valence electrons. The van der Waals surface area contributed by atoms with E-state index in [-0.39, 0.29) is 6.54 Å². The maximum absolute atomic E-state index is 11.7. The number of hydrogen-bond donors (Lipinski definition) is 1. The van der Waals surface area contributed by atoms with Gasteiger partial charge in [0.1, 0.15) is 0 Å². The van der Waals surface area contributed by atoms with E-state index in [0.717, 1.165) is 25.9 Å². The zero-order chi connectivity index (χ0) is 9.52. The van der Waals surface area contributed by atoms with Gasteiger partial charge < -0.3 is 10.1 Å². The van der Waals surface area contributed by atoms with Crippen molar-refractivity contribution in [3.05, 3.63) is 0 Å². The van der Waals surface area contributed by atoms with Gasteiger partial charge in [-0.05, 0) is 32.2 Å². The summed E-state index contributed by atoms with van der Waals surface area (Å²) in [5.41, 5.74) is 0. The van der Waals surface area contributed by atoms with E-state index in [4.69, 9.17) is 4.74 Å². The van der Waals surface area contributed by atoms with E-state index >= 15 is 0 Å². The molecule has 0 amide bonds. The van der Waals surface area contributed by atoms with Crippen LogP contribution in [-0.4, -0.2) is 32.2 Å². The van der Waals surface area contributed by atoms with Crippen LogP contribution in [0, 0.1) is 0 Å². The third kappa shape index (κ3) is 5.16. The molecule has 0 aliphatic carbocycles. The summed E-state index contributed by atoms with van der Waals surface area (Å²) in [4.78, 5) is 0. The quantitative estimate of drug-likeness (QED) is 0.672. The molecule has 0 radical (unpaired) electrons. The largest absolute Gasteiger partial charge is 0.378 e. The van der Waals surface area contributed by atoms with Crippen molar-refractivity contribution in [2.24, 2.45) is 0 Å². The van der Waals surface area contributed by atoms with E-state index in [1.807, 2.05) is 0 Å². The van der Waals surface area contributed by atoms with Gasteiger partial charge in [-0.3, -0.25) is 0 Å². The summed E-state index contributed by atoms with van der Waals surface area (Å²) in [7, 11) is 0. The first kappa shape index (κ1) is 10.9. The van der Waals surface area contributed by atoms with Gasteiger partial charge in [-0.1, -0.05) is 0 Å². The van der Waals surface area contributed by atoms with Crippen molar-refractivity contribution < 1.29 is 13.5 Å². The van der Waals surface area contributed by atoms with E-state index in [1.165, 1.54) is 6.42 Å². The molecule has 1 atom stereocenters. The predicted octanol–water partition coefficient (Wildman–Crippen LogP) is 1.80. The molecule has 1 unspecified atom stereocenters. The summed E-state index contributed by atoms with van der Waals surface area (Å²) in [6.07, 6.45) is 2.33. The highest BCUT2D eigenvalue weighted by molar-refractivity contribution is 4.64. The van der Waals surface area contributed by atoms with Crippen LogP contribution in [0.3, 0.4) is 0 Å². The fourth-order valence-corrected chi connectivity index (χ4v) is 1.51. The Morgan fingerprint density at radius 3 is 2.85 bits per heavy atom. The maximum atomic E-state index is 11.7. The van der Waals surface area contributed by atoms with Gasteiger partial charge in [-0.15, -0.1) is 0 Å². The zero-order valence-electron chi connectivity index (χ0n) is 7.77. The third-order valence-electron chi connectivity index (χ3n) is 2.22. The number of rotatable bonds is 5. The summed E-state index contributed by atoms with van der Waals surface area (Å²) in [6, 6.07) is 0. The van der Waals surface area contributed by atoms with Crippen LogP contribution in [0.4, 0.5) is 8.78 Å². The minimum Gasteiger partial charge on any atom is -0.378 e. The maximum Gasteiger partial charge on any atom is 0.250 e. The van der Waals surface area contributed by atoms with Gasteiger partial charge in [0.15, 0.2) is 0 Å². The molecule has 1 aliphatic rings. The lowest BCUT2D eigenvalue weighted by Crippen LogP contribution is -2.28. The lowest BCUT2D eigenvalue weighted by molar-refractivity contribution is 0.0109. The highest BCUT2D eigenvalue weighted by atomic mass is 19.3. The van der Waals surface area contributed by atoms with E-state index in [1.54, 1.807) is 0 Å². The molecule has 0 aromatic rings. The first-order chi connectivity index (χ1) is 6.29. The highest BCUT2D eigenvalue weighted by Crippen LogP contribution is 2.14. The van der Waals surface area contributed by atoms with Crippen LogP contribution in [0.15, 0.2) is 0 Å². The Hall–Kier alpha value is -0.220. The van der Waals surface area contributed by atoms with Crippen molar-refractivity contribution in [2.45, 2.75) is 38.2 Å². The van der Waals surface area contributed by atoms with E-state index in [2.05, 4.69) is 5.32 Å². The summed E-state index contributed by atoms with van der Waals surface area (Å²) in [5.74, 6) is 0. The fourth-order valence-electron chi connectivity index (χ4n) is 1.51. The molecule has 0 saturated carbocycles. The topological polar surface area (TPSA) is 21.3 Å². The molecule has 0 spiro atoms. The van der Waals surface area contributed by atoms with Crippen LogP contribution in [0.5, 0.6) is 0 Å². The number of halogens is 2. The molecule has 2 nitrogen and oxygen atoms in total. The Kier molecular flexibility index (Phi) is 5.23. The third-order valence-corrected chi connectivity index (χ3v) is 2.22. The lowest BCUT2D eigenvalue weighted by Gasteiger charge is -2.22. The van der Waals surface area contributed by atoms with Gasteiger partial charge in [0.25, 0.3) is 6.43 Å². The smallest absolute Gasteiger partial charge is 0.250 e. The van der Waals surface area contributed by atoms with Crippen molar-refractivity contribution in [2.75, 3.05) is 19.7 Å².